The van der Waals surface area contributed by atoms with E-state index in [9.17, 15) is 0 Å². The lowest BCUT2D eigenvalue weighted by atomic mass is 10.0. The molecule has 0 saturated carbocycles. The van der Waals surface area contributed by atoms with Crippen molar-refractivity contribution in [3.8, 4) is 24.3 Å². The van der Waals surface area contributed by atoms with Gasteiger partial charge in [-0.3, -0.25) is 0 Å². The zero-order valence-corrected chi connectivity index (χ0v) is 17.3. The smallest absolute Gasteiger partial charge is 0.126 e. The van der Waals surface area contributed by atoms with E-state index in [1.54, 1.807) is 0 Å². The van der Waals surface area contributed by atoms with Gasteiger partial charge < -0.3 is 0 Å². The van der Waals surface area contributed by atoms with E-state index in [2.05, 4.69) is 11.8 Å². The van der Waals surface area contributed by atoms with Crippen LogP contribution < -0.4 is 0 Å². The average molecular weight is 413 g/mol. The molecule has 0 aromatic rings. The highest BCUT2D eigenvalue weighted by molar-refractivity contribution is 8.06. The molecule has 3 rings (SSSR count). The molecule has 0 N–H and O–H groups in total. The van der Waals surface area contributed by atoms with Gasteiger partial charge >= 0.3 is 0 Å². The highest BCUT2D eigenvalue weighted by atomic mass is 32.2. The molecule has 0 amide bonds. The monoisotopic (exact) mass is 412 g/mol. The van der Waals surface area contributed by atoms with Gasteiger partial charge in [-0.25, -0.2) is 0 Å². The molecule has 27 heavy (non-hydrogen) atoms. The molecule has 3 saturated heterocycles. The van der Waals surface area contributed by atoms with Crippen molar-refractivity contribution in [2.24, 2.45) is 0 Å². The number of nitriles is 4. The van der Waals surface area contributed by atoms with Gasteiger partial charge in [0, 0.05) is 31.5 Å². The minimum Gasteiger partial charge on any atom is -0.192 e. The largest absolute Gasteiger partial charge is 0.192 e. The van der Waals surface area contributed by atoms with Crippen molar-refractivity contribution in [1.82, 2.24) is 0 Å². The van der Waals surface area contributed by atoms with E-state index in [0.717, 1.165) is 25.7 Å². The van der Waals surface area contributed by atoms with Crippen LogP contribution in [0.1, 0.15) is 38.5 Å². The van der Waals surface area contributed by atoms with Crippen LogP contribution in [0.3, 0.4) is 0 Å². The molecule has 7 heteroatoms. The first-order chi connectivity index (χ1) is 13.2. The summed E-state index contributed by atoms with van der Waals surface area (Å²) in [6, 6.07) is 7.87. The number of allylic oxidation sites excluding steroid dienone is 2. The van der Waals surface area contributed by atoms with Gasteiger partial charge in [0.1, 0.15) is 35.4 Å². The van der Waals surface area contributed by atoms with E-state index in [-0.39, 0.29) is 11.1 Å². The fourth-order valence-corrected chi connectivity index (χ4v) is 9.40. The highest BCUT2D eigenvalue weighted by Crippen LogP contribution is 2.51. The Morgan fingerprint density at radius 2 is 0.889 bits per heavy atom. The molecule has 3 fully saturated rings. The predicted octanol–water partition coefficient (Wildman–Crippen LogP) is 4.73. The lowest BCUT2D eigenvalue weighted by Gasteiger charge is -2.20. The summed E-state index contributed by atoms with van der Waals surface area (Å²) in [5.74, 6) is 0. The highest BCUT2D eigenvalue weighted by Gasteiger charge is 2.40. The van der Waals surface area contributed by atoms with Crippen LogP contribution in [-0.2, 0) is 0 Å². The van der Waals surface area contributed by atoms with Gasteiger partial charge in [-0.15, -0.1) is 23.5 Å². The van der Waals surface area contributed by atoms with Crippen molar-refractivity contribution < 1.29 is 0 Å². The van der Waals surface area contributed by atoms with Gasteiger partial charge in [0.2, 0.25) is 0 Å². The van der Waals surface area contributed by atoms with E-state index < -0.39 is 0 Å². The summed E-state index contributed by atoms with van der Waals surface area (Å²) >= 11 is 6.00. The van der Waals surface area contributed by atoms with Crippen LogP contribution in [0.15, 0.2) is 23.3 Å². The molecule has 0 spiro atoms. The maximum Gasteiger partial charge on any atom is 0.126 e. The summed E-state index contributed by atoms with van der Waals surface area (Å²) in [6.45, 7) is 0. The van der Waals surface area contributed by atoms with E-state index in [1.165, 1.54) is 12.8 Å². The van der Waals surface area contributed by atoms with Crippen molar-refractivity contribution in [3.05, 3.63) is 23.3 Å². The Bertz CT molecular complexity index is 694. The second kappa shape index (κ2) is 9.61. The minimum atomic E-state index is 0.237. The summed E-state index contributed by atoms with van der Waals surface area (Å²) in [4.78, 5) is 0. The first-order valence-corrected chi connectivity index (χ1v) is 12.0. The molecular formula is C20H20N4S3. The van der Waals surface area contributed by atoms with E-state index >= 15 is 0 Å². The predicted molar refractivity (Wildman–Crippen MR) is 112 cm³/mol. The molecule has 0 aliphatic carbocycles. The zero-order chi connectivity index (χ0) is 19.2. The first-order valence-electron chi connectivity index (χ1n) is 9.17. The normalized spacial score (nSPS) is 34.7. The molecule has 0 aromatic carbocycles. The van der Waals surface area contributed by atoms with Crippen molar-refractivity contribution in [3.63, 3.8) is 0 Å². The lowest BCUT2D eigenvalue weighted by Crippen LogP contribution is -2.17. The van der Waals surface area contributed by atoms with Crippen LogP contribution in [0.4, 0.5) is 0 Å². The average Bonchev–Trinajstić information content (AvgIpc) is 3.44. The van der Waals surface area contributed by atoms with E-state index in [4.69, 9.17) is 21.0 Å². The molecule has 6 atom stereocenters. The number of thioether (sulfide) groups is 3. The Morgan fingerprint density at radius 1 is 0.556 bits per heavy atom. The second-order valence-corrected chi connectivity index (χ2v) is 11.4. The summed E-state index contributed by atoms with van der Waals surface area (Å²) in [5, 5.41) is 38.9. The molecule has 3 aliphatic heterocycles. The summed E-state index contributed by atoms with van der Waals surface area (Å²) in [5.41, 5.74) is 0.473. The van der Waals surface area contributed by atoms with Gasteiger partial charge in [0.05, 0.1) is 0 Å². The van der Waals surface area contributed by atoms with Crippen molar-refractivity contribution in [2.45, 2.75) is 70.0 Å². The molecule has 0 bridgehead atoms. The van der Waals surface area contributed by atoms with Gasteiger partial charge in [-0.2, -0.15) is 32.8 Å². The summed E-state index contributed by atoms with van der Waals surface area (Å²) in [6.07, 6.45) is 10.6. The van der Waals surface area contributed by atoms with Gasteiger partial charge in [-0.05, 0) is 50.7 Å². The first kappa shape index (κ1) is 20.2. The SMILES string of the molecule is N#CC(C#N)=CC1CCC(C2CCC(C3CCC(C=C(C#N)C#N)S3)S2)S1. The second-order valence-electron chi connectivity index (χ2n) is 6.98. The van der Waals surface area contributed by atoms with Crippen LogP contribution in [0.25, 0.3) is 0 Å². The fourth-order valence-electron chi connectivity index (χ4n) is 3.98. The van der Waals surface area contributed by atoms with Crippen LogP contribution in [0.2, 0.25) is 0 Å². The Hall–Kier alpha value is -1.51. The molecule has 6 unspecified atom stereocenters. The Kier molecular flexibility index (Phi) is 7.20. The quantitative estimate of drug-likeness (QED) is 0.616. The molecule has 3 aliphatic rings. The molecule has 3 heterocycles. The van der Waals surface area contributed by atoms with Crippen LogP contribution >= 0.6 is 35.3 Å². The summed E-state index contributed by atoms with van der Waals surface area (Å²) in [7, 11) is 0. The van der Waals surface area contributed by atoms with Gasteiger partial charge in [0.15, 0.2) is 0 Å². The number of nitrogens with zero attached hydrogens (tertiary/aromatic N) is 4. The molecule has 4 nitrogen and oxygen atoms in total. The third-order valence-electron chi connectivity index (χ3n) is 5.27. The third-order valence-corrected chi connectivity index (χ3v) is 10.7. The number of hydrogen-bond donors (Lipinski definition) is 0. The molecular weight excluding hydrogens is 392 g/mol. The Labute approximate surface area is 173 Å². The van der Waals surface area contributed by atoms with E-state index in [0.29, 0.717) is 31.5 Å². The van der Waals surface area contributed by atoms with Crippen molar-refractivity contribution >= 4 is 35.3 Å². The van der Waals surface area contributed by atoms with Gasteiger partial charge in [0.25, 0.3) is 0 Å². The molecule has 0 radical (unpaired) electrons. The fraction of sp³-hybridized carbons (Fsp3) is 0.600. The summed E-state index contributed by atoms with van der Waals surface area (Å²) < 4.78 is 0. The third kappa shape index (κ3) is 5.06. The topological polar surface area (TPSA) is 95.2 Å². The zero-order valence-electron chi connectivity index (χ0n) is 14.9. The molecule has 138 valence electrons. The van der Waals surface area contributed by atoms with Crippen LogP contribution in [-0.4, -0.2) is 31.5 Å². The van der Waals surface area contributed by atoms with Crippen LogP contribution in [0.5, 0.6) is 0 Å². The maximum atomic E-state index is 8.93. The van der Waals surface area contributed by atoms with E-state index in [1.807, 2.05) is 60.0 Å². The van der Waals surface area contributed by atoms with Crippen molar-refractivity contribution in [2.75, 3.05) is 0 Å². The van der Waals surface area contributed by atoms with Crippen molar-refractivity contribution in [1.29, 1.82) is 21.0 Å². The lowest BCUT2D eigenvalue weighted by molar-refractivity contribution is 0.648. The Morgan fingerprint density at radius 3 is 1.26 bits per heavy atom. The standard InChI is InChI=1S/C20H20N4S3/c21-9-13(10-22)7-15-1-3-17(25-15)19-5-6-20(27-19)18-4-2-16(26-18)8-14(11-23)12-24/h7-8,15-20H,1-6H2. The number of rotatable bonds is 4. The van der Waals surface area contributed by atoms with Crippen LogP contribution in [0, 0.1) is 45.3 Å². The molecule has 0 aromatic heterocycles. The minimum absolute atomic E-state index is 0.237. The Balaban J connectivity index is 1.51. The maximum absolute atomic E-state index is 8.93. The van der Waals surface area contributed by atoms with Gasteiger partial charge in [-0.1, -0.05) is 0 Å². The number of hydrogen-bond acceptors (Lipinski definition) is 7.